The summed E-state index contributed by atoms with van der Waals surface area (Å²) in [6.45, 7) is 4.87. The summed E-state index contributed by atoms with van der Waals surface area (Å²) < 4.78 is 10.7. The van der Waals surface area contributed by atoms with Gasteiger partial charge in [-0.3, -0.25) is 9.59 Å². The standard InChI is InChI=1S/C21H23NO5S/c1-13(2)27-21(25)15-5-8-17(9-6-15)26-12-19(24)16-7-10-18(22-14(3)23)20(11-16)28-4/h5-11,13H,12H2,1-4H3,(H,22,23). The number of amides is 1. The minimum absolute atomic E-state index is 0.136. The average Bonchev–Trinajstić information content (AvgIpc) is 2.65. The molecule has 0 spiro atoms. The number of esters is 1. The van der Waals surface area contributed by atoms with E-state index in [-0.39, 0.29) is 24.4 Å². The molecule has 28 heavy (non-hydrogen) atoms. The van der Waals surface area contributed by atoms with Crippen molar-refractivity contribution in [3.8, 4) is 5.75 Å². The van der Waals surface area contributed by atoms with E-state index in [2.05, 4.69) is 5.32 Å². The molecule has 1 amide bonds. The van der Waals surface area contributed by atoms with E-state index in [1.807, 2.05) is 6.26 Å². The maximum atomic E-state index is 12.4. The van der Waals surface area contributed by atoms with Crippen molar-refractivity contribution in [1.82, 2.24) is 0 Å². The number of nitrogens with one attached hydrogen (secondary N) is 1. The van der Waals surface area contributed by atoms with Gasteiger partial charge in [0, 0.05) is 17.4 Å². The maximum absolute atomic E-state index is 12.4. The van der Waals surface area contributed by atoms with Gasteiger partial charge in [0.2, 0.25) is 5.91 Å². The molecule has 2 rings (SSSR count). The molecule has 148 valence electrons. The topological polar surface area (TPSA) is 81.7 Å². The molecule has 0 bridgehead atoms. The summed E-state index contributed by atoms with van der Waals surface area (Å²) in [5.74, 6) is -0.276. The third-order valence-corrected chi connectivity index (χ3v) is 4.41. The molecule has 6 nitrogen and oxygen atoms in total. The number of thioether (sulfide) groups is 1. The highest BCUT2D eigenvalue weighted by molar-refractivity contribution is 7.98. The first-order valence-electron chi connectivity index (χ1n) is 8.73. The third-order valence-electron chi connectivity index (χ3n) is 3.64. The van der Waals surface area contributed by atoms with E-state index >= 15 is 0 Å². The van der Waals surface area contributed by atoms with Crippen LogP contribution in [0.2, 0.25) is 0 Å². The lowest BCUT2D eigenvalue weighted by molar-refractivity contribution is -0.114. The van der Waals surface area contributed by atoms with Gasteiger partial charge in [-0.1, -0.05) is 0 Å². The number of carbonyl (C=O) groups is 3. The van der Waals surface area contributed by atoms with Crippen molar-refractivity contribution in [1.29, 1.82) is 0 Å². The Morgan fingerprint density at radius 1 is 1.04 bits per heavy atom. The van der Waals surface area contributed by atoms with Crippen LogP contribution in [0.5, 0.6) is 5.75 Å². The molecule has 1 N–H and O–H groups in total. The zero-order chi connectivity index (χ0) is 20.7. The Labute approximate surface area is 168 Å². The van der Waals surface area contributed by atoms with Crippen LogP contribution in [-0.2, 0) is 9.53 Å². The van der Waals surface area contributed by atoms with Crippen molar-refractivity contribution >= 4 is 35.1 Å². The first-order valence-corrected chi connectivity index (χ1v) is 9.95. The molecule has 0 atom stereocenters. The lowest BCUT2D eigenvalue weighted by Gasteiger charge is -2.11. The van der Waals surface area contributed by atoms with Crippen LogP contribution < -0.4 is 10.1 Å². The highest BCUT2D eigenvalue weighted by atomic mass is 32.2. The molecule has 2 aromatic rings. The zero-order valence-corrected chi connectivity index (χ0v) is 17.1. The number of hydrogen-bond donors (Lipinski definition) is 1. The first-order chi connectivity index (χ1) is 13.3. The van der Waals surface area contributed by atoms with Crippen molar-refractivity contribution in [3.63, 3.8) is 0 Å². The Kier molecular flexibility index (Phi) is 7.63. The lowest BCUT2D eigenvalue weighted by Crippen LogP contribution is -2.13. The van der Waals surface area contributed by atoms with E-state index in [1.54, 1.807) is 56.3 Å². The van der Waals surface area contributed by atoms with Crippen LogP contribution in [-0.4, -0.2) is 36.6 Å². The quantitative estimate of drug-likeness (QED) is 0.406. The number of hydrogen-bond acceptors (Lipinski definition) is 6. The molecule has 7 heteroatoms. The SMILES string of the molecule is CSc1cc(C(=O)COc2ccc(C(=O)OC(C)C)cc2)ccc1NC(C)=O. The van der Waals surface area contributed by atoms with E-state index in [0.29, 0.717) is 22.6 Å². The molecule has 0 radical (unpaired) electrons. The van der Waals surface area contributed by atoms with Gasteiger partial charge in [0.15, 0.2) is 12.4 Å². The molecular weight excluding hydrogens is 378 g/mol. The number of ether oxygens (including phenoxy) is 2. The normalized spacial score (nSPS) is 10.5. The van der Waals surface area contributed by atoms with Gasteiger partial charge in [-0.05, 0) is 62.6 Å². The van der Waals surface area contributed by atoms with Crippen LogP contribution in [0.25, 0.3) is 0 Å². The van der Waals surface area contributed by atoms with Gasteiger partial charge < -0.3 is 14.8 Å². The second kappa shape index (κ2) is 9.94. The maximum Gasteiger partial charge on any atom is 0.338 e. The smallest absolute Gasteiger partial charge is 0.338 e. The summed E-state index contributed by atoms with van der Waals surface area (Å²) in [6, 6.07) is 11.5. The highest BCUT2D eigenvalue weighted by Crippen LogP contribution is 2.27. The van der Waals surface area contributed by atoms with Crippen molar-refractivity contribution in [2.75, 3.05) is 18.2 Å². The second-order valence-corrected chi connectivity index (χ2v) is 7.13. The molecule has 0 saturated heterocycles. The monoisotopic (exact) mass is 401 g/mol. The molecule has 0 aliphatic heterocycles. The summed E-state index contributed by atoms with van der Waals surface area (Å²) >= 11 is 1.44. The Bertz CT molecular complexity index is 862. The number of anilines is 1. The Morgan fingerprint density at radius 3 is 2.25 bits per heavy atom. The fourth-order valence-corrected chi connectivity index (χ4v) is 2.94. The third kappa shape index (κ3) is 6.13. The summed E-state index contributed by atoms with van der Waals surface area (Å²) in [5, 5.41) is 2.73. The lowest BCUT2D eigenvalue weighted by atomic mass is 10.1. The highest BCUT2D eigenvalue weighted by Gasteiger charge is 2.12. The zero-order valence-electron chi connectivity index (χ0n) is 16.3. The molecule has 0 heterocycles. The Morgan fingerprint density at radius 2 is 1.68 bits per heavy atom. The number of rotatable bonds is 8. The molecular formula is C21H23NO5S. The van der Waals surface area contributed by atoms with Gasteiger partial charge in [-0.2, -0.15) is 0 Å². The minimum Gasteiger partial charge on any atom is -0.485 e. The number of Topliss-reactive ketones (excluding diaryl/α,β-unsaturated/α-hetero) is 1. The van der Waals surface area contributed by atoms with Crippen LogP contribution in [0.15, 0.2) is 47.4 Å². The van der Waals surface area contributed by atoms with E-state index in [4.69, 9.17) is 9.47 Å². The summed E-state index contributed by atoms with van der Waals surface area (Å²) in [5.41, 5.74) is 1.59. The van der Waals surface area contributed by atoms with Gasteiger partial charge in [-0.25, -0.2) is 4.79 Å². The van der Waals surface area contributed by atoms with Crippen LogP contribution in [0, 0.1) is 0 Å². The number of ketones is 1. The average molecular weight is 401 g/mol. The number of carbonyl (C=O) groups excluding carboxylic acids is 3. The fourth-order valence-electron chi connectivity index (χ4n) is 2.36. The van der Waals surface area contributed by atoms with Crippen molar-refractivity contribution in [2.45, 2.75) is 31.8 Å². The second-order valence-electron chi connectivity index (χ2n) is 6.29. The summed E-state index contributed by atoms with van der Waals surface area (Å²) in [4.78, 5) is 36.3. The Hall–Kier alpha value is -2.80. The largest absolute Gasteiger partial charge is 0.485 e. The molecule has 0 aliphatic rings. The molecule has 0 saturated carbocycles. The minimum atomic E-state index is -0.401. The van der Waals surface area contributed by atoms with Crippen molar-refractivity contribution in [3.05, 3.63) is 53.6 Å². The Balaban J connectivity index is 2.00. The van der Waals surface area contributed by atoms with Crippen LogP contribution in [0.1, 0.15) is 41.5 Å². The molecule has 0 unspecified atom stereocenters. The van der Waals surface area contributed by atoms with Crippen molar-refractivity contribution < 1.29 is 23.9 Å². The van der Waals surface area contributed by atoms with Gasteiger partial charge in [0.25, 0.3) is 0 Å². The van der Waals surface area contributed by atoms with Gasteiger partial charge >= 0.3 is 5.97 Å². The van der Waals surface area contributed by atoms with Crippen LogP contribution in [0.4, 0.5) is 5.69 Å². The van der Waals surface area contributed by atoms with Gasteiger partial charge in [0.1, 0.15) is 5.75 Å². The predicted molar refractivity (Wildman–Crippen MR) is 109 cm³/mol. The van der Waals surface area contributed by atoms with Gasteiger partial charge in [0.05, 0.1) is 17.4 Å². The predicted octanol–water partition coefficient (Wildman–Crippen LogP) is 4.19. The number of benzene rings is 2. The van der Waals surface area contributed by atoms with Crippen LogP contribution in [0.3, 0.4) is 0 Å². The molecule has 0 aliphatic carbocycles. The van der Waals surface area contributed by atoms with E-state index in [0.717, 1.165) is 4.90 Å². The summed E-state index contributed by atoms with van der Waals surface area (Å²) in [7, 11) is 0. The van der Waals surface area contributed by atoms with E-state index in [9.17, 15) is 14.4 Å². The first kappa shape index (κ1) is 21.5. The molecule has 0 fully saturated rings. The van der Waals surface area contributed by atoms with Crippen LogP contribution >= 0.6 is 11.8 Å². The fraction of sp³-hybridized carbons (Fsp3) is 0.286. The summed E-state index contributed by atoms with van der Waals surface area (Å²) in [6.07, 6.45) is 1.68. The van der Waals surface area contributed by atoms with E-state index in [1.165, 1.54) is 18.7 Å². The van der Waals surface area contributed by atoms with Crippen molar-refractivity contribution in [2.24, 2.45) is 0 Å². The van der Waals surface area contributed by atoms with E-state index < -0.39 is 5.97 Å². The molecule has 0 aromatic heterocycles. The molecule has 2 aromatic carbocycles. The van der Waals surface area contributed by atoms with Gasteiger partial charge in [-0.15, -0.1) is 11.8 Å².